The number of anilines is 2. The lowest BCUT2D eigenvalue weighted by molar-refractivity contribution is -0.274. The van der Waals surface area contributed by atoms with Gasteiger partial charge in [0, 0.05) is 48.5 Å². The van der Waals surface area contributed by atoms with E-state index < -0.39 is 24.1 Å². The highest BCUT2D eigenvalue weighted by molar-refractivity contribution is 6.32. The summed E-state index contributed by atoms with van der Waals surface area (Å²) in [6.45, 7) is 1.01. The maximum atomic E-state index is 12.8. The van der Waals surface area contributed by atoms with E-state index in [1.807, 2.05) is 4.90 Å². The minimum Gasteiger partial charge on any atom is -0.404 e. The number of carbonyl (C=O) groups excluding carboxylic acids is 1. The second kappa shape index (κ2) is 9.20. The third-order valence-electron chi connectivity index (χ3n) is 4.88. The van der Waals surface area contributed by atoms with Crippen molar-refractivity contribution in [3.05, 3.63) is 59.8 Å². The summed E-state index contributed by atoms with van der Waals surface area (Å²) >= 11 is 5.85. The summed E-state index contributed by atoms with van der Waals surface area (Å²) in [7, 11) is 0. The summed E-state index contributed by atoms with van der Waals surface area (Å²) < 4.78 is 41.1. The van der Waals surface area contributed by atoms with Crippen molar-refractivity contribution in [1.29, 1.82) is 0 Å². The van der Waals surface area contributed by atoms with E-state index in [-0.39, 0.29) is 16.3 Å². The van der Waals surface area contributed by atoms with Crippen molar-refractivity contribution < 1.29 is 27.8 Å². The zero-order valence-corrected chi connectivity index (χ0v) is 17.6. The van der Waals surface area contributed by atoms with E-state index in [0.717, 1.165) is 12.1 Å². The maximum Gasteiger partial charge on any atom is 0.573 e. The maximum absolute atomic E-state index is 12.8. The van der Waals surface area contributed by atoms with E-state index in [1.54, 1.807) is 18.5 Å². The van der Waals surface area contributed by atoms with Crippen LogP contribution in [-0.4, -0.2) is 51.5 Å². The lowest BCUT2D eigenvalue weighted by Crippen LogP contribution is -2.23. The number of aromatic nitrogens is 3. The normalized spacial score (nSPS) is 16.0. The predicted octanol–water partition coefficient (Wildman–Crippen LogP) is 3.91. The van der Waals surface area contributed by atoms with E-state index in [0.29, 0.717) is 36.5 Å². The molecule has 12 heteroatoms. The Hall–Kier alpha value is -3.44. The molecule has 4 rings (SSSR count). The van der Waals surface area contributed by atoms with E-state index >= 15 is 0 Å². The fourth-order valence-corrected chi connectivity index (χ4v) is 3.63. The van der Waals surface area contributed by atoms with Gasteiger partial charge in [0.2, 0.25) is 0 Å². The highest BCUT2D eigenvalue weighted by Gasteiger charge is 2.32. The number of benzene rings is 1. The van der Waals surface area contributed by atoms with Gasteiger partial charge in [0.25, 0.3) is 5.91 Å². The summed E-state index contributed by atoms with van der Waals surface area (Å²) in [5.41, 5.74) is 1.61. The summed E-state index contributed by atoms with van der Waals surface area (Å²) in [5, 5.41) is 12.2. The molecule has 1 aromatic carbocycles. The van der Waals surface area contributed by atoms with Gasteiger partial charge in [-0.3, -0.25) is 4.79 Å². The Balaban J connectivity index is 1.60. The Labute approximate surface area is 191 Å². The molecule has 1 aliphatic heterocycles. The van der Waals surface area contributed by atoms with Gasteiger partial charge in [-0.1, -0.05) is 11.6 Å². The number of aliphatic hydroxyl groups is 1. The molecule has 3 aromatic rings. The van der Waals surface area contributed by atoms with Crippen molar-refractivity contribution in [3.8, 4) is 16.9 Å². The van der Waals surface area contributed by atoms with Crippen LogP contribution in [0.2, 0.25) is 5.02 Å². The molecule has 1 atom stereocenters. The smallest absolute Gasteiger partial charge is 0.404 e. The SMILES string of the molecule is O=C(Nc1ccc(OC(F)(F)F)c(Cl)c1)c1cnc(N2CCC(O)C2)c(-c2cncnc2)c1. The van der Waals surface area contributed by atoms with Crippen LogP contribution in [0.4, 0.5) is 24.7 Å². The molecule has 1 saturated heterocycles. The first-order valence-corrected chi connectivity index (χ1v) is 10.1. The molecule has 0 saturated carbocycles. The van der Waals surface area contributed by atoms with Crippen LogP contribution in [-0.2, 0) is 0 Å². The molecule has 0 spiro atoms. The molecule has 2 N–H and O–H groups in total. The summed E-state index contributed by atoms with van der Waals surface area (Å²) in [6.07, 6.45) is 1.17. The van der Waals surface area contributed by atoms with Gasteiger partial charge in [-0.2, -0.15) is 0 Å². The second-order valence-corrected chi connectivity index (χ2v) is 7.67. The van der Waals surface area contributed by atoms with E-state index in [4.69, 9.17) is 11.6 Å². The topological polar surface area (TPSA) is 100 Å². The molecule has 172 valence electrons. The molecular formula is C21H17ClF3N5O3. The molecule has 1 aliphatic rings. The molecule has 0 radical (unpaired) electrons. The number of hydrogen-bond donors (Lipinski definition) is 2. The van der Waals surface area contributed by atoms with Crippen LogP contribution < -0.4 is 15.0 Å². The molecule has 33 heavy (non-hydrogen) atoms. The van der Waals surface area contributed by atoms with Crippen LogP contribution in [0.15, 0.2) is 49.2 Å². The van der Waals surface area contributed by atoms with Crippen LogP contribution in [0.25, 0.3) is 11.1 Å². The van der Waals surface area contributed by atoms with E-state index in [1.165, 1.54) is 18.6 Å². The van der Waals surface area contributed by atoms with Crippen LogP contribution in [0.5, 0.6) is 5.75 Å². The quantitative estimate of drug-likeness (QED) is 0.572. The summed E-state index contributed by atoms with van der Waals surface area (Å²) in [5.74, 6) is -0.545. The van der Waals surface area contributed by atoms with Crippen LogP contribution in [0.1, 0.15) is 16.8 Å². The summed E-state index contributed by atoms with van der Waals surface area (Å²) in [4.78, 5) is 27.2. The number of nitrogens with zero attached hydrogens (tertiary/aromatic N) is 4. The number of alkyl halides is 3. The molecule has 3 heterocycles. The van der Waals surface area contributed by atoms with Gasteiger partial charge in [-0.25, -0.2) is 15.0 Å². The van der Waals surface area contributed by atoms with Crippen molar-refractivity contribution >= 4 is 29.0 Å². The fourth-order valence-electron chi connectivity index (χ4n) is 3.41. The van der Waals surface area contributed by atoms with Crippen LogP contribution in [0.3, 0.4) is 0 Å². The first kappa shape index (κ1) is 22.7. The molecule has 0 aliphatic carbocycles. The molecule has 2 aromatic heterocycles. The number of rotatable bonds is 5. The number of amides is 1. The Morgan fingerprint density at radius 1 is 1.21 bits per heavy atom. The number of aliphatic hydroxyl groups excluding tert-OH is 1. The summed E-state index contributed by atoms with van der Waals surface area (Å²) in [6, 6.07) is 5.02. The molecule has 0 bridgehead atoms. The molecule has 1 unspecified atom stereocenters. The highest BCUT2D eigenvalue weighted by Crippen LogP contribution is 2.33. The zero-order valence-electron chi connectivity index (χ0n) is 16.9. The lowest BCUT2D eigenvalue weighted by Gasteiger charge is -2.20. The first-order valence-electron chi connectivity index (χ1n) is 9.75. The highest BCUT2D eigenvalue weighted by atomic mass is 35.5. The molecule has 1 fully saturated rings. The number of pyridine rings is 1. The van der Waals surface area contributed by atoms with Gasteiger partial charge in [-0.05, 0) is 30.7 Å². The Bertz CT molecular complexity index is 1160. The number of nitrogens with one attached hydrogen (secondary N) is 1. The number of ether oxygens (including phenoxy) is 1. The number of hydrogen-bond acceptors (Lipinski definition) is 7. The predicted molar refractivity (Wildman–Crippen MR) is 114 cm³/mol. The van der Waals surface area contributed by atoms with Crippen molar-refractivity contribution in [2.45, 2.75) is 18.9 Å². The zero-order chi connectivity index (χ0) is 23.6. The van der Waals surface area contributed by atoms with Crippen molar-refractivity contribution in [2.24, 2.45) is 0 Å². The van der Waals surface area contributed by atoms with Crippen molar-refractivity contribution in [3.63, 3.8) is 0 Å². The van der Waals surface area contributed by atoms with Gasteiger partial charge in [0.05, 0.1) is 16.7 Å². The van der Waals surface area contributed by atoms with Crippen LogP contribution in [0, 0.1) is 0 Å². The average molecular weight is 480 g/mol. The van der Waals surface area contributed by atoms with Gasteiger partial charge in [0.1, 0.15) is 17.9 Å². The number of carbonyl (C=O) groups is 1. The largest absolute Gasteiger partial charge is 0.573 e. The van der Waals surface area contributed by atoms with Gasteiger partial charge in [0.15, 0.2) is 0 Å². The van der Waals surface area contributed by atoms with E-state index in [2.05, 4.69) is 25.0 Å². The standard InChI is InChI=1S/C21H17ClF3N5O3/c22-17-6-14(1-2-18(17)33-21(23,24)25)29-20(32)12-5-16(13-7-26-11-27-8-13)19(28-9-12)30-4-3-15(31)10-30/h1-2,5-9,11,15,31H,3-4,10H2,(H,29,32). The molecule has 1 amide bonds. The van der Waals surface area contributed by atoms with Gasteiger partial charge in [-0.15, -0.1) is 13.2 Å². The number of halogens is 4. The average Bonchev–Trinajstić information content (AvgIpc) is 3.21. The van der Waals surface area contributed by atoms with E-state index in [9.17, 15) is 23.1 Å². The fraction of sp³-hybridized carbons (Fsp3) is 0.238. The number of β-amino-alcohol motifs (C(OH)–C–C–N with tert-alkyl or cyclic N) is 1. The van der Waals surface area contributed by atoms with Gasteiger partial charge < -0.3 is 20.1 Å². The Kier molecular flexibility index (Phi) is 6.34. The van der Waals surface area contributed by atoms with Gasteiger partial charge >= 0.3 is 6.36 Å². The third kappa shape index (κ3) is 5.49. The third-order valence-corrected chi connectivity index (χ3v) is 5.17. The van der Waals surface area contributed by atoms with Crippen molar-refractivity contribution in [1.82, 2.24) is 15.0 Å². The Morgan fingerprint density at radius 3 is 2.61 bits per heavy atom. The second-order valence-electron chi connectivity index (χ2n) is 7.26. The van der Waals surface area contributed by atoms with Crippen molar-refractivity contribution in [2.75, 3.05) is 23.3 Å². The minimum atomic E-state index is -4.88. The Morgan fingerprint density at radius 2 is 1.97 bits per heavy atom. The minimum absolute atomic E-state index is 0.177. The first-order chi connectivity index (χ1) is 15.7. The monoisotopic (exact) mass is 479 g/mol. The lowest BCUT2D eigenvalue weighted by atomic mass is 10.1. The van der Waals surface area contributed by atoms with Crippen LogP contribution >= 0.6 is 11.6 Å². The molecular weight excluding hydrogens is 463 g/mol. The molecule has 8 nitrogen and oxygen atoms in total.